The third-order valence-electron chi connectivity index (χ3n) is 3.84. The molecule has 1 aliphatic carbocycles. The highest BCUT2D eigenvalue weighted by molar-refractivity contribution is 5.72. The molecule has 1 unspecified atom stereocenters. The van der Waals surface area contributed by atoms with Gasteiger partial charge >= 0.3 is 5.97 Å². The molecule has 3 rings (SSSR count). The number of ether oxygens (including phenoxy) is 1. The monoisotopic (exact) mass is 245 g/mol. The Balaban J connectivity index is 1.49. The van der Waals surface area contributed by atoms with Gasteiger partial charge in [-0.3, -0.25) is 4.79 Å². The van der Waals surface area contributed by atoms with Crippen LogP contribution in [0.5, 0.6) is 0 Å². The molecule has 1 aromatic rings. The minimum absolute atomic E-state index is 0.0563. The molecule has 18 heavy (non-hydrogen) atoms. The zero-order chi connectivity index (χ0) is 12.4. The summed E-state index contributed by atoms with van der Waals surface area (Å²) in [5.74, 6) is 1.04. The topological polar surface area (TPSA) is 38.3 Å². The predicted octanol–water partition coefficient (Wildman–Crippen LogP) is 2.93. The van der Waals surface area contributed by atoms with Crippen molar-refractivity contribution >= 4 is 11.7 Å². The second-order valence-electron chi connectivity index (χ2n) is 5.32. The number of rotatable bonds is 5. The van der Waals surface area contributed by atoms with Crippen LogP contribution in [-0.2, 0) is 9.53 Å². The van der Waals surface area contributed by atoms with Crippen molar-refractivity contribution in [2.45, 2.75) is 31.6 Å². The molecule has 0 aromatic heterocycles. The summed E-state index contributed by atoms with van der Waals surface area (Å²) in [4.78, 5) is 11.8. The first kappa shape index (κ1) is 11.6. The van der Waals surface area contributed by atoms with Crippen LogP contribution in [0.1, 0.15) is 37.2 Å². The van der Waals surface area contributed by atoms with Gasteiger partial charge in [0.2, 0.25) is 0 Å². The third kappa shape index (κ3) is 2.66. The van der Waals surface area contributed by atoms with Gasteiger partial charge in [0.1, 0.15) is 0 Å². The van der Waals surface area contributed by atoms with E-state index in [1.165, 1.54) is 18.4 Å². The SMILES string of the molecule is O=C(CC1CNc2ccccc21)OCCC1CC1. The maximum Gasteiger partial charge on any atom is 0.306 e. The Kier molecular flexibility index (Phi) is 3.22. The van der Waals surface area contributed by atoms with Crippen LogP contribution in [0, 0.1) is 5.92 Å². The molecule has 1 aromatic carbocycles. The van der Waals surface area contributed by atoms with Gasteiger partial charge < -0.3 is 10.1 Å². The summed E-state index contributed by atoms with van der Waals surface area (Å²) in [6.07, 6.45) is 4.18. The van der Waals surface area contributed by atoms with Crippen LogP contribution in [0.2, 0.25) is 0 Å². The molecule has 3 nitrogen and oxygen atoms in total. The van der Waals surface area contributed by atoms with Gasteiger partial charge in [0.25, 0.3) is 0 Å². The van der Waals surface area contributed by atoms with Crippen molar-refractivity contribution in [3.05, 3.63) is 29.8 Å². The number of nitrogens with one attached hydrogen (secondary N) is 1. The highest BCUT2D eigenvalue weighted by atomic mass is 16.5. The molecule has 0 radical (unpaired) electrons. The van der Waals surface area contributed by atoms with Crippen molar-refractivity contribution in [3.63, 3.8) is 0 Å². The fourth-order valence-electron chi connectivity index (χ4n) is 2.55. The first-order chi connectivity index (χ1) is 8.83. The molecule has 0 spiro atoms. The van der Waals surface area contributed by atoms with E-state index in [1.807, 2.05) is 12.1 Å². The minimum Gasteiger partial charge on any atom is -0.466 e. The molecule has 1 saturated carbocycles. The molecule has 2 aliphatic rings. The van der Waals surface area contributed by atoms with Gasteiger partial charge in [-0.05, 0) is 24.0 Å². The van der Waals surface area contributed by atoms with Crippen LogP contribution >= 0.6 is 0 Å². The summed E-state index contributed by atoms with van der Waals surface area (Å²) in [6, 6.07) is 8.20. The largest absolute Gasteiger partial charge is 0.466 e. The lowest BCUT2D eigenvalue weighted by Gasteiger charge is -2.09. The molecule has 0 amide bonds. The normalized spacial score (nSPS) is 21.2. The van der Waals surface area contributed by atoms with Crippen LogP contribution < -0.4 is 5.32 Å². The number of carbonyl (C=O) groups is 1. The van der Waals surface area contributed by atoms with Crippen LogP contribution in [0.3, 0.4) is 0 Å². The van der Waals surface area contributed by atoms with E-state index in [-0.39, 0.29) is 11.9 Å². The summed E-state index contributed by atoms with van der Waals surface area (Å²) in [5, 5.41) is 3.33. The van der Waals surface area contributed by atoms with Crippen LogP contribution in [0.25, 0.3) is 0 Å². The molecular formula is C15H19NO2. The van der Waals surface area contributed by atoms with Crippen LogP contribution in [-0.4, -0.2) is 19.1 Å². The molecule has 0 saturated heterocycles. The fraction of sp³-hybridized carbons (Fsp3) is 0.533. The van der Waals surface area contributed by atoms with Crippen LogP contribution in [0.4, 0.5) is 5.69 Å². The van der Waals surface area contributed by atoms with E-state index >= 15 is 0 Å². The standard InChI is InChI=1S/C15H19NO2/c17-15(18-8-7-11-5-6-11)9-12-10-16-14-4-2-1-3-13(12)14/h1-4,11-12,16H,5-10H2. The molecule has 0 bridgehead atoms. The van der Waals surface area contributed by atoms with Crippen LogP contribution in [0.15, 0.2) is 24.3 Å². The van der Waals surface area contributed by atoms with Gasteiger partial charge in [0.05, 0.1) is 13.0 Å². The molecule has 1 aliphatic heterocycles. The number of anilines is 1. The first-order valence-electron chi connectivity index (χ1n) is 6.81. The Labute approximate surface area is 108 Å². The molecule has 1 atom stereocenters. The van der Waals surface area contributed by atoms with Crippen molar-refractivity contribution in [2.24, 2.45) is 5.92 Å². The van der Waals surface area contributed by atoms with Gasteiger partial charge in [-0.2, -0.15) is 0 Å². The Morgan fingerprint density at radius 2 is 2.17 bits per heavy atom. The molecule has 3 heteroatoms. The van der Waals surface area contributed by atoms with E-state index in [0.717, 1.165) is 24.6 Å². The fourth-order valence-corrected chi connectivity index (χ4v) is 2.55. The summed E-state index contributed by atoms with van der Waals surface area (Å²) in [7, 11) is 0. The quantitative estimate of drug-likeness (QED) is 0.811. The number of hydrogen-bond donors (Lipinski definition) is 1. The Morgan fingerprint density at radius 1 is 1.33 bits per heavy atom. The number of para-hydroxylation sites is 1. The van der Waals surface area contributed by atoms with Crippen molar-refractivity contribution in [3.8, 4) is 0 Å². The Bertz CT molecular complexity index is 440. The first-order valence-corrected chi connectivity index (χ1v) is 6.81. The maximum atomic E-state index is 11.8. The molecule has 1 N–H and O–H groups in total. The summed E-state index contributed by atoms with van der Waals surface area (Å²) >= 11 is 0. The van der Waals surface area contributed by atoms with Gasteiger partial charge in [-0.25, -0.2) is 0 Å². The minimum atomic E-state index is -0.0563. The van der Waals surface area contributed by atoms with E-state index in [1.54, 1.807) is 0 Å². The molecule has 1 fully saturated rings. The maximum absolute atomic E-state index is 11.8. The summed E-state index contributed by atoms with van der Waals surface area (Å²) in [6.45, 7) is 1.45. The number of carbonyl (C=O) groups excluding carboxylic acids is 1. The van der Waals surface area contributed by atoms with Crippen molar-refractivity contribution in [1.29, 1.82) is 0 Å². The van der Waals surface area contributed by atoms with Crippen molar-refractivity contribution in [2.75, 3.05) is 18.5 Å². The number of esters is 1. The second-order valence-corrected chi connectivity index (χ2v) is 5.32. The highest BCUT2D eigenvalue weighted by Gasteiger charge is 2.25. The Hall–Kier alpha value is -1.51. The number of fused-ring (bicyclic) bond motifs is 1. The lowest BCUT2D eigenvalue weighted by atomic mass is 9.98. The zero-order valence-corrected chi connectivity index (χ0v) is 10.5. The van der Waals surface area contributed by atoms with Gasteiger partial charge in [0.15, 0.2) is 0 Å². The average Bonchev–Trinajstić information content (AvgIpc) is 3.11. The number of hydrogen-bond acceptors (Lipinski definition) is 3. The van der Waals surface area contributed by atoms with E-state index in [4.69, 9.17) is 4.74 Å². The van der Waals surface area contributed by atoms with E-state index in [9.17, 15) is 4.79 Å². The second kappa shape index (κ2) is 5.01. The highest BCUT2D eigenvalue weighted by Crippen LogP contribution is 2.34. The van der Waals surface area contributed by atoms with Crippen molar-refractivity contribution < 1.29 is 9.53 Å². The summed E-state index contributed by atoms with van der Waals surface area (Å²) < 4.78 is 5.30. The van der Waals surface area contributed by atoms with E-state index in [0.29, 0.717) is 13.0 Å². The van der Waals surface area contributed by atoms with Crippen molar-refractivity contribution in [1.82, 2.24) is 0 Å². The van der Waals surface area contributed by atoms with Gasteiger partial charge in [0, 0.05) is 18.2 Å². The third-order valence-corrected chi connectivity index (χ3v) is 3.84. The number of benzene rings is 1. The smallest absolute Gasteiger partial charge is 0.306 e. The van der Waals surface area contributed by atoms with E-state index in [2.05, 4.69) is 17.4 Å². The zero-order valence-electron chi connectivity index (χ0n) is 10.5. The lowest BCUT2D eigenvalue weighted by Crippen LogP contribution is -2.12. The predicted molar refractivity (Wildman–Crippen MR) is 70.6 cm³/mol. The van der Waals surface area contributed by atoms with Gasteiger partial charge in [-0.15, -0.1) is 0 Å². The lowest BCUT2D eigenvalue weighted by molar-refractivity contribution is -0.144. The summed E-state index contributed by atoms with van der Waals surface area (Å²) in [5.41, 5.74) is 2.41. The molecule has 1 heterocycles. The average molecular weight is 245 g/mol. The van der Waals surface area contributed by atoms with Gasteiger partial charge in [-0.1, -0.05) is 31.0 Å². The molecular weight excluding hydrogens is 226 g/mol. The van der Waals surface area contributed by atoms with E-state index < -0.39 is 0 Å². The molecule has 96 valence electrons. The Morgan fingerprint density at radius 3 is 3.00 bits per heavy atom.